The average molecular weight is 494 g/mol. The number of amides is 1. The number of esters is 1. The van der Waals surface area contributed by atoms with Crippen LogP contribution in [0, 0.1) is 13.7 Å². The van der Waals surface area contributed by atoms with Gasteiger partial charge in [-0.25, -0.2) is 4.79 Å². The third kappa shape index (κ3) is 5.64. The number of benzene rings is 2. The van der Waals surface area contributed by atoms with E-state index in [0.29, 0.717) is 12.1 Å². The molecule has 0 spiro atoms. The maximum absolute atomic E-state index is 12.7. The molecule has 0 unspecified atom stereocenters. The van der Waals surface area contributed by atoms with Gasteiger partial charge in [0, 0.05) is 9.64 Å². The molecule has 27 heavy (non-hydrogen) atoms. The van der Waals surface area contributed by atoms with Gasteiger partial charge in [-0.2, -0.15) is 13.2 Å². The van der Waals surface area contributed by atoms with Crippen LogP contribution in [-0.2, 0) is 15.7 Å². The second kappa shape index (κ2) is 8.33. The molecule has 0 atom stereocenters. The lowest BCUT2D eigenvalue weighted by molar-refractivity contribution is -0.384. The highest BCUT2D eigenvalue weighted by Gasteiger charge is 2.33. The fourth-order valence-electron chi connectivity index (χ4n) is 1.98. The molecule has 0 saturated heterocycles. The lowest BCUT2D eigenvalue weighted by atomic mass is 10.1. The standard InChI is InChI=1S/C16H10F3IN2O5/c17-16(18,19)10-4-5-12(13(7-10)22(25)26)21-14(23)8-27-15(24)9-2-1-3-11(20)6-9/h1-7H,8H2,(H,21,23). The van der Waals surface area contributed by atoms with Crippen molar-refractivity contribution in [3.63, 3.8) is 0 Å². The van der Waals surface area contributed by atoms with E-state index in [9.17, 15) is 32.9 Å². The van der Waals surface area contributed by atoms with Gasteiger partial charge in [0.1, 0.15) is 5.69 Å². The lowest BCUT2D eigenvalue weighted by Gasteiger charge is -2.10. The summed E-state index contributed by atoms with van der Waals surface area (Å²) in [5.41, 5.74) is -2.39. The van der Waals surface area contributed by atoms with Crippen LogP contribution >= 0.6 is 22.6 Å². The maximum atomic E-state index is 12.7. The largest absolute Gasteiger partial charge is 0.452 e. The zero-order valence-corrected chi connectivity index (χ0v) is 15.4. The molecule has 1 amide bonds. The average Bonchev–Trinajstić information content (AvgIpc) is 2.58. The van der Waals surface area contributed by atoms with Crippen LogP contribution in [0.5, 0.6) is 0 Å². The van der Waals surface area contributed by atoms with Crippen molar-refractivity contribution in [2.45, 2.75) is 6.18 Å². The quantitative estimate of drug-likeness (QED) is 0.293. The number of rotatable bonds is 5. The maximum Gasteiger partial charge on any atom is 0.416 e. The Kier molecular flexibility index (Phi) is 6.36. The number of hydrogen-bond donors (Lipinski definition) is 1. The van der Waals surface area contributed by atoms with E-state index >= 15 is 0 Å². The van der Waals surface area contributed by atoms with E-state index in [1.54, 1.807) is 12.1 Å². The summed E-state index contributed by atoms with van der Waals surface area (Å²) in [6, 6.07) is 8.04. The molecule has 0 radical (unpaired) electrons. The number of nitrogens with zero attached hydrogens (tertiary/aromatic N) is 1. The Bertz CT molecular complexity index is 902. The van der Waals surface area contributed by atoms with Gasteiger partial charge in [-0.3, -0.25) is 14.9 Å². The van der Waals surface area contributed by atoms with E-state index in [-0.39, 0.29) is 5.56 Å². The fraction of sp³-hybridized carbons (Fsp3) is 0.125. The first-order valence-electron chi connectivity index (χ1n) is 7.16. The van der Waals surface area contributed by atoms with E-state index in [1.165, 1.54) is 12.1 Å². The van der Waals surface area contributed by atoms with E-state index < -0.39 is 46.5 Å². The predicted molar refractivity (Wildman–Crippen MR) is 96.2 cm³/mol. The van der Waals surface area contributed by atoms with Gasteiger partial charge < -0.3 is 10.1 Å². The van der Waals surface area contributed by atoms with E-state index in [0.717, 1.165) is 9.64 Å². The summed E-state index contributed by atoms with van der Waals surface area (Å²) in [6.45, 7) is -0.761. The minimum atomic E-state index is -4.77. The lowest BCUT2D eigenvalue weighted by Crippen LogP contribution is -2.21. The number of hydrogen-bond acceptors (Lipinski definition) is 5. The van der Waals surface area contributed by atoms with Crippen LogP contribution < -0.4 is 5.32 Å². The smallest absolute Gasteiger partial charge is 0.416 e. The minimum Gasteiger partial charge on any atom is -0.452 e. The summed E-state index contributed by atoms with van der Waals surface area (Å²) < 4.78 is 43.5. The van der Waals surface area contributed by atoms with E-state index in [2.05, 4.69) is 5.32 Å². The Morgan fingerprint density at radius 1 is 1.19 bits per heavy atom. The first kappa shape index (κ1) is 20.6. The summed E-state index contributed by atoms with van der Waals surface area (Å²) in [7, 11) is 0. The van der Waals surface area contributed by atoms with Gasteiger partial charge in [0.15, 0.2) is 6.61 Å². The van der Waals surface area contributed by atoms with Crippen molar-refractivity contribution in [3.8, 4) is 0 Å². The minimum absolute atomic E-state index is 0.204. The third-order valence-electron chi connectivity index (χ3n) is 3.19. The van der Waals surface area contributed by atoms with Gasteiger partial charge >= 0.3 is 12.1 Å². The van der Waals surface area contributed by atoms with Gasteiger partial charge in [-0.15, -0.1) is 0 Å². The highest BCUT2D eigenvalue weighted by atomic mass is 127. The molecule has 2 aromatic carbocycles. The van der Waals surface area contributed by atoms with Gasteiger partial charge in [-0.1, -0.05) is 6.07 Å². The third-order valence-corrected chi connectivity index (χ3v) is 3.86. The second-order valence-electron chi connectivity index (χ2n) is 5.12. The summed E-state index contributed by atoms with van der Waals surface area (Å²) >= 11 is 1.98. The van der Waals surface area contributed by atoms with Crippen molar-refractivity contribution in [2.24, 2.45) is 0 Å². The Morgan fingerprint density at radius 3 is 2.48 bits per heavy atom. The Balaban J connectivity index is 2.07. The Labute approximate surface area is 163 Å². The first-order valence-corrected chi connectivity index (χ1v) is 8.24. The number of carbonyl (C=O) groups is 2. The topological polar surface area (TPSA) is 98.5 Å². The molecule has 2 rings (SSSR count). The number of nitro benzene ring substituents is 1. The summed E-state index contributed by atoms with van der Waals surface area (Å²) in [4.78, 5) is 33.6. The van der Waals surface area contributed by atoms with Crippen molar-refractivity contribution >= 4 is 45.8 Å². The van der Waals surface area contributed by atoms with Crippen molar-refractivity contribution in [1.82, 2.24) is 0 Å². The number of alkyl halides is 3. The summed E-state index contributed by atoms with van der Waals surface area (Å²) in [5, 5.41) is 13.0. The summed E-state index contributed by atoms with van der Waals surface area (Å²) in [6.07, 6.45) is -4.77. The van der Waals surface area contributed by atoms with Gasteiger partial charge in [0.25, 0.3) is 11.6 Å². The molecule has 142 valence electrons. The molecule has 11 heteroatoms. The van der Waals surface area contributed by atoms with Crippen LogP contribution in [0.2, 0.25) is 0 Å². The second-order valence-corrected chi connectivity index (χ2v) is 6.37. The molecule has 7 nitrogen and oxygen atoms in total. The van der Waals surface area contributed by atoms with Gasteiger partial charge in [0.2, 0.25) is 0 Å². The molecular weight excluding hydrogens is 484 g/mol. The van der Waals surface area contributed by atoms with Gasteiger partial charge in [0.05, 0.1) is 16.1 Å². The highest BCUT2D eigenvalue weighted by Crippen LogP contribution is 2.34. The Hall–Kier alpha value is -2.70. The van der Waals surface area contributed by atoms with Gasteiger partial charge in [-0.05, 0) is 52.9 Å². The van der Waals surface area contributed by atoms with Crippen LogP contribution in [0.3, 0.4) is 0 Å². The number of anilines is 1. The highest BCUT2D eigenvalue weighted by molar-refractivity contribution is 14.1. The van der Waals surface area contributed by atoms with E-state index in [1.807, 2.05) is 22.6 Å². The zero-order valence-electron chi connectivity index (χ0n) is 13.2. The van der Waals surface area contributed by atoms with Crippen LogP contribution in [0.1, 0.15) is 15.9 Å². The molecule has 0 saturated carbocycles. The molecule has 1 N–H and O–H groups in total. The van der Waals surface area contributed by atoms with Crippen LogP contribution in [-0.4, -0.2) is 23.4 Å². The number of ether oxygens (including phenoxy) is 1. The molecule has 0 aromatic heterocycles. The predicted octanol–water partition coefficient (Wildman–Crippen LogP) is 4.01. The molecule has 0 bridgehead atoms. The van der Waals surface area contributed by atoms with Crippen LogP contribution in [0.15, 0.2) is 42.5 Å². The molecule has 0 heterocycles. The van der Waals surface area contributed by atoms with E-state index in [4.69, 9.17) is 4.74 Å². The summed E-state index contributed by atoms with van der Waals surface area (Å²) in [5.74, 6) is -1.72. The van der Waals surface area contributed by atoms with Crippen molar-refractivity contribution in [2.75, 3.05) is 11.9 Å². The van der Waals surface area contributed by atoms with Crippen LogP contribution in [0.4, 0.5) is 24.5 Å². The first-order chi connectivity index (χ1) is 12.6. The van der Waals surface area contributed by atoms with Crippen molar-refractivity contribution in [1.29, 1.82) is 0 Å². The number of nitro groups is 1. The monoisotopic (exact) mass is 494 g/mol. The number of nitrogens with one attached hydrogen (secondary N) is 1. The molecule has 0 aliphatic rings. The number of carbonyl (C=O) groups excluding carboxylic acids is 2. The molecular formula is C16H10F3IN2O5. The van der Waals surface area contributed by atoms with Crippen molar-refractivity contribution in [3.05, 3.63) is 67.3 Å². The fourth-order valence-corrected chi connectivity index (χ4v) is 2.52. The zero-order chi connectivity index (χ0) is 20.2. The Morgan fingerprint density at radius 2 is 1.89 bits per heavy atom. The van der Waals surface area contributed by atoms with Crippen molar-refractivity contribution < 1.29 is 32.4 Å². The number of halogens is 4. The SMILES string of the molecule is O=C(COC(=O)c1cccc(I)c1)Nc1ccc(C(F)(F)F)cc1[N+](=O)[O-]. The molecule has 0 fully saturated rings. The molecule has 2 aromatic rings. The normalized spacial score (nSPS) is 11.0. The molecule has 0 aliphatic heterocycles. The van der Waals surface area contributed by atoms with Crippen LogP contribution in [0.25, 0.3) is 0 Å². The molecule has 0 aliphatic carbocycles.